The summed E-state index contributed by atoms with van der Waals surface area (Å²) in [5, 5.41) is 0. The minimum Gasteiger partial charge on any atom is -0.207 e. The zero-order valence-corrected chi connectivity index (χ0v) is 7.03. The summed E-state index contributed by atoms with van der Waals surface area (Å²) in [5.74, 6) is -1.55. The quantitative estimate of drug-likeness (QED) is 0.553. The fourth-order valence-corrected chi connectivity index (χ4v) is 2.72. The van der Waals surface area contributed by atoms with Crippen molar-refractivity contribution in [1.82, 2.24) is 0 Å². The van der Waals surface area contributed by atoms with Crippen molar-refractivity contribution in [3.05, 3.63) is 0 Å². The number of hydrogen-bond donors (Lipinski definition) is 0. The summed E-state index contributed by atoms with van der Waals surface area (Å²) in [7, 11) is 0. The molecule has 0 N–H and O–H groups in total. The van der Waals surface area contributed by atoms with E-state index in [4.69, 9.17) is 0 Å². The first kappa shape index (κ1) is 7.51. The van der Waals surface area contributed by atoms with Gasteiger partial charge >= 0.3 is 0 Å². The normalized spacial score (nSPS) is 46.1. The van der Waals surface area contributed by atoms with Gasteiger partial charge in [-0.25, -0.2) is 8.78 Å². The molecule has 0 saturated heterocycles. The maximum Gasteiger partial charge on any atom is 0.249 e. The number of halogens is 2. The van der Waals surface area contributed by atoms with Gasteiger partial charge in [0.25, 0.3) is 0 Å². The molecular formula is C9H14F2. The lowest BCUT2D eigenvalue weighted by atomic mass is 9.89. The average molecular weight is 160 g/mol. The van der Waals surface area contributed by atoms with Gasteiger partial charge in [-0.2, -0.15) is 0 Å². The summed E-state index contributed by atoms with van der Waals surface area (Å²) in [6.07, 6.45) is 1.37. The fraction of sp³-hybridized carbons (Fsp3) is 1.00. The highest BCUT2D eigenvalue weighted by molar-refractivity contribution is 5.13. The molecule has 2 rings (SSSR count). The van der Waals surface area contributed by atoms with Gasteiger partial charge in [0.2, 0.25) is 5.92 Å². The lowest BCUT2D eigenvalue weighted by Crippen LogP contribution is -2.17. The van der Waals surface area contributed by atoms with Gasteiger partial charge in [-0.3, -0.25) is 0 Å². The molecule has 0 bridgehead atoms. The van der Waals surface area contributed by atoms with Crippen LogP contribution in [0.25, 0.3) is 0 Å². The van der Waals surface area contributed by atoms with Crippen LogP contribution in [0.3, 0.4) is 0 Å². The Morgan fingerprint density at radius 1 is 1.27 bits per heavy atom. The zero-order valence-electron chi connectivity index (χ0n) is 7.03. The third-order valence-electron chi connectivity index (χ3n) is 3.56. The van der Waals surface area contributed by atoms with Gasteiger partial charge in [-0.05, 0) is 23.7 Å². The minimum absolute atomic E-state index is 0.0451. The maximum absolute atomic E-state index is 12.8. The molecule has 0 amide bonds. The zero-order chi connectivity index (χ0) is 8.28. The molecule has 2 fully saturated rings. The molecule has 0 spiro atoms. The molecule has 0 radical (unpaired) electrons. The molecule has 2 atom stereocenters. The number of hydrogen-bond acceptors (Lipinski definition) is 0. The van der Waals surface area contributed by atoms with Crippen LogP contribution in [0, 0.1) is 17.3 Å². The van der Waals surface area contributed by atoms with E-state index in [1.165, 1.54) is 0 Å². The van der Waals surface area contributed by atoms with E-state index in [0.29, 0.717) is 11.8 Å². The lowest BCUT2D eigenvalue weighted by Gasteiger charge is -2.19. The van der Waals surface area contributed by atoms with Crippen LogP contribution in [0.15, 0.2) is 0 Å². The molecule has 0 unspecified atom stereocenters. The average Bonchev–Trinajstić information content (AvgIpc) is 2.35. The maximum atomic E-state index is 12.8. The molecule has 2 aliphatic rings. The van der Waals surface area contributed by atoms with Crippen molar-refractivity contribution in [2.75, 3.05) is 0 Å². The van der Waals surface area contributed by atoms with Gasteiger partial charge in [0.15, 0.2) is 0 Å². The molecule has 0 aliphatic heterocycles. The Morgan fingerprint density at radius 2 is 1.91 bits per heavy atom. The van der Waals surface area contributed by atoms with E-state index in [0.717, 1.165) is 6.42 Å². The number of rotatable bonds is 1. The van der Waals surface area contributed by atoms with E-state index in [1.807, 2.05) is 0 Å². The Morgan fingerprint density at radius 3 is 2.18 bits per heavy atom. The second kappa shape index (κ2) is 1.78. The van der Waals surface area contributed by atoms with E-state index in [-0.39, 0.29) is 18.3 Å². The Balaban J connectivity index is 2.13. The monoisotopic (exact) mass is 160 g/mol. The van der Waals surface area contributed by atoms with E-state index < -0.39 is 5.92 Å². The highest BCUT2D eigenvalue weighted by Gasteiger charge is 2.67. The van der Waals surface area contributed by atoms with Crippen molar-refractivity contribution in [2.45, 2.75) is 39.0 Å². The Bertz CT molecular complexity index is 186. The molecule has 2 aliphatic carbocycles. The predicted octanol–water partition coefficient (Wildman–Crippen LogP) is 3.08. The number of alkyl halides is 2. The van der Waals surface area contributed by atoms with Crippen LogP contribution < -0.4 is 0 Å². The first-order valence-corrected chi connectivity index (χ1v) is 4.34. The van der Waals surface area contributed by atoms with Gasteiger partial charge in [0.05, 0.1) is 0 Å². The SMILES string of the molecule is CC(C)[C@]12C[C@@H]1CC(F)(F)C2. The molecule has 11 heavy (non-hydrogen) atoms. The van der Waals surface area contributed by atoms with Crippen molar-refractivity contribution in [1.29, 1.82) is 0 Å². The van der Waals surface area contributed by atoms with Crippen LogP contribution >= 0.6 is 0 Å². The van der Waals surface area contributed by atoms with Gasteiger partial charge in [0, 0.05) is 12.8 Å². The molecule has 64 valence electrons. The van der Waals surface area contributed by atoms with Crippen LogP contribution in [0.5, 0.6) is 0 Å². The van der Waals surface area contributed by atoms with Gasteiger partial charge in [-0.15, -0.1) is 0 Å². The molecule has 0 aromatic heterocycles. The summed E-state index contributed by atoms with van der Waals surface area (Å²) in [6.45, 7) is 4.14. The van der Waals surface area contributed by atoms with Crippen molar-refractivity contribution >= 4 is 0 Å². The molecule has 0 aromatic rings. The summed E-state index contributed by atoms with van der Waals surface area (Å²) in [5.41, 5.74) is 0.0451. The number of fused-ring (bicyclic) bond motifs is 1. The first-order chi connectivity index (χ1) is 4.96. The molecule has 2 saturated carbocycles. The van der Waals surface area contributed by atoms with Crippen molar-refractivity contribution in [2.24, 2.45) is 17.3 Å². The van der Waals surface area contributed by atoms with Crippen molar-refractivity contribution in [3.8, 4) is 0 Å². The van der Waals surface area contributed by atoms with Crippen LogP contribution in [-0.2, 0) is 0 Å². The van der Waals surface area contributed by atoms with Crippen molar-refractivity contribution < 1.29 is 8.78 Å². The highest BCUT2D eigenvalue weighted by atomic mass is 19.3. The second-order valence-electron chi connectivity index (χ2n) is 4.53. The molecule has 0 heterocycles. The van der Waals surface area contributed by atoms with E-state index in [9.17, 15) is 8.78 Å². The Hall–Kier alpha value is -0.140. The van der Waals surface area contributed by atoms with Gasteiger partial charge in [0.1, 0.15) is 0 Å². The Labute approximate surface area is 66.0 Å². The van der Waals surface area contributed by atoms with Crippen LogP contribution in [0.2, 0.25) is 0 Å². The molecular weight excluding hydrogens is 146 g/mol. The highest BCUT2D eigenvalue weighted by Crippen LogP contribution is 2.71. The first-order valence-electron chi connectivity index (χ1n) is 4.34. The Kier molecular flexibility index (Phi) is 1.21. The van der Waals surface area contributed by atoms with E-state index in [1.54, 1.807) is 0 Å². The minimum atomic E-state index is -2.34. The van der Waals surface area contributed by atoms with E-state index >= 15 is 0 Å². The molecule has 0 aromatic carbocycles. The van der Waals surface area contributed by atoms with Gasteiger partial charge in [-0.1, -0.05) is 13.8 Å². The smallest absolute Gasteiger partial charge is 0.207 e. The largest absolute Gasteiger partial charge is 0.249 e. The third kappa shape index (κ3) is 0.911. The van der Waals surface area contributed by atoms with Gasteiger partial charge < -0.3 is 0 Å². The third-order valence-corrected chi connectivity index (χ3v) is 3.56. The van der Waals surface area contributed by atoms with Crippen LogP contribution in [0.4, 0.5) is 8.78 Å². The summed E-state index contributed by atoms with van der Waals surface area (Å²) in [4.78, 5) is 0. The van der Waals surface area contributed by atoms with Crippen LogP contribution in [0.1, 0.15) is 33.1 Å². The summed E-state index contributed by atoms with van der Waals surface area (Å²) < 4.78 is 25.7. The topological polar surface area (TPSA) is 0 Å². The lowest BCUT2D eigenvalue weighted by molar-refractivity contribution is -0.0138. The summed E-state index contributed by atoms with van der Waals surface area (Å²) in [6, 6.07) is 0. The van der Waals surface area contributed by atoms with Crippen molar-refractivity contribution in [3.63, 3.8) is 0 Å². The summed E-state index contributed by atoms with van der Waals surface area (Å²) >= 11 is 0. The van der Waals surface area contributed by atoms with E-state index in [2.05, 4.69) is 13.8 Å². The predicted molar refractivity (Wildman–Crippen MR) is 39.6 cm³/mol. The van der Waals surface area contributed by atoms with Crippen LogP contribution in [-0.4, -0.2) is 5.92 Å². The molecule has 2 heteroatoms. The molecule has 0 nitrogen and oxygen atoms in total. The standard InChI is InChI=1S/C9H14F2/c1-6(2)8-3-7(8)4-9(10,11)5-8/h6-7H,3-5H2,1-2H3/t7-,8-/m1/s1. The fourth-order valence-electron chi connectivity index (χ4n) is 2.72. The second-order valence-corrected chi connectivity index (χ2v) is 4.53.